The standard InChI is InChI=1S/C23H25N3O/c1-3-17-4-5-22-20(15-17)21(14-16(2)25-22)23(27)26-12-8-19(9-13-26)18-6-10-24-11-7-18/h4-7,10-11,14-15,19H,3,8-9,12-13H2,1-2H3. The molecule has 4 heteroatoms. The van der Waals surface area contributed by atoms with Gasteiger partial charge in [-0.2, -0.15) is 0 Å². The third-order valence-electron chi connectivity index (χ3n) is 5.60. The summed E-state index contributed by atoms with van der Waals surface area (Å²) >= 11 is 0. The second kappa shape index (κ2) is 7.47. The van der Waals surface area contributed by atoms with E-state index in [4.69, 9.17) is 0 Å². The number of amides is 1. The van der Waals surface area contributed by atoms with E-state index < -0.39 is 0 Å². The maximum Gasteiger partial charge on any atom is 0.254 e. The van der Waals surface area contributed by atoms with Gasteiger partial charge in [-0.1, -0.05) is 13.0 Å². The van der Waals surface area contributed by atoms with E-state index in [1.807, 2.05) is 36.4 Å². The molecule has 0 radical (unpaired) electrons. The van der Waals surface area contributed by atoms with Crippen molar-refractivity contribution >= 4 is 16.8 Å². The molecule has 1 saturated heterocycles. The van der Waals surface area contributed by atoms with Crippen LogP contribution in [-0.4, -0.2) is 33.9 Å². The van der Waals surface area contributed by atoms with Crippen LogP contribution in [0.4, 0.5) is 0 Å². The molecule has 0 atom stereocenters. The highest BCUT2D eigenvalue weighted by Crippen LogP contribution is 2.29. The quantitative estimate of drug-likeness (QED) is 0.691. The molecule has 0 bridgehead atoms. The Labute approximate surface area is 160 Å². The minimum absolute atomic E-state index is 0.131. The number of pyridine rings is 2. The van der Waals surface area contributed by atoms with Crippen LogP contribution in [0.5, 0.6) is 0 Å². The van der Waals surface area contributed by atoms with Crippen LogP contribution in [0.1, 0.15) is 52.9 Å². The predicted molar refractivity (Wildman–Crippen MR) is 108 cm³/mol. The van der Waals surface area contributed by atoms with Crippen LogP contribution < -0.4 is 0 Å². The first-order valence-electron chi connectivity index (χ1n) is 9.75. The number of carbonyl (C=O) groups is 1. The minimum Gasteiger partial charge on any atom is -0.339 e. The van der Waals surface area contributed by atoms with Gasteiger partial charge in [0.05, 0.1) is 11.1 Å². The maximum absolute atomic E-state index is 13.3. The Hall–Kier alpha value is -2.75. The molecule has 1 aliphatic rings. The lowest BCUT2D eigenvalue weighted by Crippen LogP contribution is -2.38. The van der Waals surface area contributed by atoms with E-state index >= 15 is 0 Å². The zero-order valence-electron chi connectivity index (χ0n) is 16.0. The lowest BCUT2D eigenvalue weighted by molar-refractivity contribution is 0.0715. The van der Waals surface area contributed by atoms with Gasteiger partial charge in [0.2, 0.25) is 0 Å². The van der Waals surface area contributed by atoms with Crippen molar-refractivity contribution < 1.29 is 4.79 Å². The van der Waals surface area contributed by atoms with Gasteiger partial charge in [-0.15, -0.1) is 0 Å². The van der Waals surface area contributed by atoms with Gasteiger partial charge in [0, 0.05) is 36.6 Å². The van der Waals surface area contributed by atoms with Crippen molar-refractivity contribution in [3.05, 3.63) is 71.2 Å². The molecule has 0 spiro atoms. The Morgan fingerprint density at radius 1 is 1.11 bits per heavy atom. The fourth-order valence-corrected chi connectivity index (χ4v) is 4.02. The fourth-order valence-electron chi connectivity index (χ4n) is 4.02. The van der Waals surface area contributed by atoms with Gasteiger partial charge in [0.15, 0.2) is 0 Å². The molecule has 0 aliphatic carbocycles. The van der Waals surface area contributed by atoms with Gasteiger partial charge in [0.1, 0.15) is 0 Å². The highest BCUT2D eigenvalue weighted by Gasteiger charge is 2.26. The number of hydrogen-bond donors (Lipinski definition) is 0. The van der Waals surface area contributed by atoms with Gasteiger partial charge >= 0.3 is 0 Å². The van der Waals surface area contributed by atoms with E-state index in [9.17, 15) is 4.79 Å². The largest absolute Gasteiger partial charge is 0.339 e. The summed E-state index contributed by atoms with van der Waals surface area (Å²) in [5, 5.41) is 0.973. The van der Waals surface area contributed by atoms with Gasteiger partial charge in [-0.05, 0) is 73.6 Å². The van der Waals surface area contributed by atoms with Crippen LogP contribution in [0, 0.1) is 6.92 Å². The molecule has 0 unspecified atom stereocenters. The van der Waals surface area contributed by atoms with Crippen LogP contribution in [0.3, 0.4) is 0 Å². The summed E-state index contributed by atoms with van der Waals surface area (Å²) in [6.45, 7) is 5.68. The number of carbonyl (C=O) groups excluding carboxylic acids is 1. The second-order valence-corrected chi connectivity index (χ2v) is 7.36. The molecule has 0 saturated carbocycles. The third kappa shape index (κ3) is 3.57. The average Bonchev–Trinajstić information content (AvgIpc) is 2.73. The van der Waals surface area contributed by atoms with E-state index in [0.717, 1.165) is 54.5 Å². The number of nitrogens with zero attached hydrogens (tertiary/aromatic N) is 3. The summed E-state index contributed by atoms with van der Waals surface area (Å²) in [7, 11) is 0. The normalized spacial score (nSPS) is 15.3. The molecule has 27 heavy (non-hydrogen) atoms. The molecule has 138 valence electrons. The van der Waals surface area contributed by atoms with Crippen LogP contribution in [0.15, 0.2) is 48.8 Å². The van der Waals surface area contributed by atoms with Crippen molar-refractivity contribution in [2.75, 3.05) is 13.1 Å². The summed E-state index contributed by atoms with van der Waals surface area (Å²) in [4.78, 5) is 24.0. The second-order valence-electron chi connectivity index (χ2n) is 7.36. The summed E-state index contributed by atoms with van der Waals surface area (Å²) in [6, 6.07) is 12.4. The van der Waals surface area contributed by atoms with Crippen LogP contribution >= 0.6 is 0 Å². The third-order valence-corrected chi connectivity index (χ3v) is 5.60. The average molecular weight is 359 g/mol. The lowest BCUT2D eigenvalue weighted by Gasteiger charge is -2.32. The first-order chi connectivity index (χ1) is 13.2. The summed E-state index contributed by atoms with van der Waals surface area (Å²) in [6.07, 6.45) is 6.65. The number of benzene rings is 1. The van der Waals surface area contributed by atoms with E-state index in [1.165, 1.54) is 11.1 Å². The minimum atomic E-state index is 0.131. The number of hydrogen-bond acceptors (Lipinski definition) is 3. The number of aryl methyl sites for hydroxylation is 2. The van der Waals surface area contributed by atoms with Gasteiger partial charge in [0.25, 0.3) is 5.91 Å². The molecule has 2 aromatic heterocycles. The predicted octanol–water partition coefficient (Wildman–Crippen LogP) is 4.52. The van der Waals surface area contributed by atoms with Crippen molar-refractivity contribution in [3.63, 3.8) is 0 Å². The molecule has 1 aliphatic heterocycles. The smallest absolute Gasteiger partial charge is 0.254 e. The fraction of sp³-hybridized carbons (Fsp3) is 0.348. The number of fused-ring (bicyclic) bond motifs is 1. The lowest BCUT2D eigenvalue weighted by atomic mass is 9.89. The van der Waals surface area contributed by atoms with Crippen molar-refractivity contribution in [3.8, 4) is 0 Å². The van der Waals surface area contributed by atoms with Crippen LogP contribution in [0.25, 0.3) is 10.9 Å². The zero-order chi connectivity index (χ0) is 18.8. The molecule has 1 amide bonds. The molecule has 4 nitrogen and oxygen atoms in total. The Balaban J connectivity index is 1.58. The first kappa shape index (κ1) is 17.7. The number of rotatable bonds is 3. The first-order valence-corrected chi connectivity index (χ1v) is 9.75. The Bertz CT molecular complexity index is 960. The van der Waals surface area contributed by atoms with Crippen molar-refractivity contribution in [1.82, 2.24) is 14.9 Å². The van der Waals surface area contributed by atoms with Crippen molar-refractivity contribution in [2.24, 2.45) is 0 Å². The van der Waals surface area contributed by atoms with E-state index in [0.29, 0.717) is 5.92 Å². The number of aromatic nitrogens is 2. The monoisotopic (exact) mass is 359 g/mol. The highest BCUT2D eigenvalue weighted by molar-refractivity contribution is 6.06. The summed E-state index contributed by atoms with van der Waals surface area (Å²) < 4.78 is 0. The summed E-state index contributed by atoms with van der Waals surface area (Å²) in [5.74, 6) is 0.645. The van der Waals surface area contributed by atoms with Crippen LogP contribution in [0.2, 0.25) is 0 Å². The van der Waals surface area contributed by atoms with Crippen molar-refractivity contribution in [1.29, 1.82) is 0 Å². The van der Waals surface area contributed by atoms with Gasteiger partial charge in [-0.3, -0.25) is 14.8 Å². The Morgan fingerprint density at radius 2 is 1.85 bits per heavy atom. The maximum atomic E-state index is 13.3. The Kier molecular flexibility index (Phi) is 4.88. The highest BCUT2D eigenvalue weighted by atomic mass is 16.2. The van der Waals surface area contributed by atoms with E-state index in [-0.39, 0.29) is 5.91 Å². The molecular formula is C23H25N3O. The number of piperidine rings is 1. The van der Waals surface area contributed by atoms with Gasteiger partial charge < -0.3 is 4.90 Å². The SMILES string of the molecule is CCc1ccc2nc(C)cc(C(=O)N3CCC(c4ccncc4)CC3)c2c1. The molecular weight excluding hydrogens is 334 g/mol. The summed E-state index contributed by atoms with van der Waals surface area (Å²) in [5.41, 5.74) is 5.15. The molecule has 1 fully saturated rings. The molecule has 0 N–H and O–H groups in total. The van der Waals surface area contributed by atoms with Crippen molar-refractivity contribution in [2.45, 2.75) is 39.0 Å². The van der Waals surface area contributed by atoms with Crippen LogP contribution in [-0.2, 0) is 6.42 Å². The molecule has 4 rings (SSSR count). The Morgan fingerprint density at radius 3 is 2.56 bits per heavy atom. The van der Waals surface area contributed by atoms with Gasteiger partial charge in [-0.25, -0.2) is 0 Å². The number of likely N-dealkylation sites (tertiary alicyclic amines) is 1. The molecule has 3 aromatic rings. The zero-order valence-corrected chi connectivity index (χ0v) is 16.0. The molecule has 1 aromatic carbocycles. The topological polar surface area (TPSA) is 46.1 Å². The van der Waals surface area contributed by atoms with E-state index in [2.05, 4.69) is 41.2 Å². The molecule has 3 heterocycles. The van der Waals surface area contributed by atoms with E-state index in [1.54, 1.807) is 0 Å².